The zero-order valence-corrected chi connectivity index (χ0v) is 12.8. The normalized spacial score (nSPS) is 14.1. The van der Waals surface area contributed by atoms with Crippen molar-refractivity contribution in [1.82, 2.24) is 13.9 Å². The van der Waals surface area contributed by atoms with Crippen molar-refractivity contribution in [3.63, 3.8) is 0 Å². The van der Waals surface area contributed by atoms with E-state index < -0.39 is 10.0 Å². The Hall–Kier alpha value is -0.590. The highest BCUT2D eigenvalue weighted by atomic mass is 35.5. The number of imidazole rings is 1. The molecule has 5 nitrogen and oxygen atoms in total. The SMILES string of the molecule is CCC(C)CN(CC)S(=O)(=O)c1ncn(C)c1Cl. The van der Waals surface area contributed by atoms with Crippen molar-refractivity contribution in [3.8, 4) is 0 Å². The van der Waals surface area contributed by atoms with Gasteiger partial charge in [0.2, 0.25) is 5.03 Å². The van der Waals surface area contributed by atoms with Gasteiger partial charge in [-0.2, -0.15) is 4.31 Å². The van der Waals surface area contributed by atoms with Crippen LogP contribution in [0.1, 0.15) is 27.2 Å². The molecule has 1 unspecified atom stereocenters. The van der Waals surface area contributed by atoms with Crippen LogP contribution in [0.2, 0.25) is 5.15 Å². The van der Waals surface area contributed by atoms with E-state index in [1.807, 2.05) is 20.8 Å². The zero-order chi connectivity index (χ0) is 13.9. The van der Waals surface area contributed by atoms with Crippen molar-refractivity contribution >= 4 is 21.6 Å². The number of aryl methyl sites for hydroxylation is 1. The average Bonchev–Trinajstić information content (AvgIpc) is 2.66. The van der Waals surface area contributed by atoms with Gasteiger partial charge in [-0.05, 0) is 5.92 Å². The van der Waals surface area contributed by atoms with Crippen molar-refractivity contribution in [1.29, 1.82) is 0 Å². The van der Waals surface area contributed by atoms with Crippen LogP contribution in [0, 0.1) is 5.92 Å². The van der Waals surface area contributed by atoms with Gasteiger partial charge in [-0.1, -0.05) is 38.8 Å². The first kappa shape index (κ1) is 15.5. The minimum absolute atomic E-state index is 0.0585. The van der Waals surface area contributed by atoms with Crippen LogP contribution in [-0.4, -0.2) is 35.4 Å². The number of sulfonamides is 1. The molecule has 0 radical (unpaired) electrons. The molecule has 0 aliphatic carbocycles. The van der Waals surface area contributed by atoms with Crippen LogP contribution < -0.4 is 0 Å². The van der Waals surface area contributed by atoms with Gasteiger partial charge in [0.25, 0.3) is 10.0 Å². The highest BCUT2D eigenvalue weighted by Crippen LogP contribution is 2.23. The van der Waals surface area contributed by atoms with Gasteiger partial charge in [-0.25, -0.2) is 13.4 Å². The Kier molecular flexibility index (Phi) is 5.19. The van der Waals surface area contributed by atoms with Crippen LogP contribution in [0.15, 0.2) is 11.4 Å². The summed E-state index contributed by atoms with van der Waals surface area (Å²) in [7, 11) is -1.93. The molecular formula is C11H20ClN3O2S. The quantitative estimate of drug-likeness (QED) is 0.807. The number of aromatic nitrogens is 2. The highest BCUT2D eigenvalue weighted by Gasteiger charge is 2.29. The molecule has 0 amide bonds. The van der Waals surface area contributed by atoms with E-state index in [-0.39, 0.29) is 10.2 Å². The van der Waals surface area contributed by atoms with Crippen molar-refractivity contribution in [2.24, 2.45) is 13.0 Å². The lowest BCUT2D eigenvalue weighted by Gasteiger charge is -2.22. The Balaban J connectivity index is 3.07. The summed E-state index contributed by atoms with van der Waals surface area (Å²) in [4.78, 5) is 3.89. The first-order valence-electron chi connectivity index (χ1n) is 6.01. The molecule has 104 valence electrons. The second kappa shape index (κ2) is 6.04. The van der Waals surface area contributed by atoms with Crippen LogP contribution in [0.4, 0.5) is 0 Å². The summed E-state index contributed by atoms with van der Waals surface area (Å²) in [6.45, 7) is 6.79. The maximum atomic E-state index is 12.4. The Morgan fingerprint density at radius 1 is 1.50 bits per heavy atom. The van der Waals surface area contributed by atoms with Gasteiger partial charge in [0, 0.05) is 20.1 Å². The van der Waals surface area contributed by atoms with Gasteiger partial charge in [0.1, 0.15) is 5.15 Å². The molecule has 0 saturated heterocycles. The van der Waals surface area contributed by atoms with Gasteiger partial charge >= 0.3 is 0 Å². The molecule has 0 aliphatic heterocycles. The summed E-state index contributed by atoms with van der Waals surface area (Å²) < 4.78 is 27.7. The lowest BCUT2D eigenvalue weighted by molar-refractivity contribution is 0.360. The summed E-state index contributed by atoms with van der Waals surface area (Å²) in [5.41, 5.74) is 0. The maximum absolute atomic E-state index is 12.4. The van der Waals surface area contributed by atoms with E-state index in [1.165, 1.54) is 15.2 Å². The molecular weight excluding hydrogens is 274 g/mol. The largest absolute Gasteiger partial charge is 0.324 e. The number of nitrogens with zero attached hydrogens (tertiary/aromatic N) is 3. The molecule has 0 saturated carbocycles. The summed E-state index contributed by atoms with van der Waals surface area (Å²) in [5.74, 6) is 0.308. The summed E-state index contributed by atoms with van der Waals surface area (Å²) >= 11 is 5.96. The molecule has 0 bridgehead atoms. The number of hydrogen-bond acceptors (Lipinski definition) is 3. The number of rotatable bonds is 6. The minimum Gasteiger partial charge on any atom is -0.324 e. The predicted octanol–water partition coefficient (Wildman–Crippen LogP) is 2.13. The minimum atomic E-state index is -3.60. The Morgan fingerprint density at radius 2 is 2.11 bits per heavy atom. The first-order chi connectivity index (χ1) is 8.34. The van der Waals surface area contributed by atoms with Gasteiger partial charge in [0.05, 0.1) is 6.33 Å². The molecule has 1 rings (SSSR count). The van der Waals surface area contributed by atoms with E-state index >= 15 is 0 Å². The van der Waals surface area contributed by atoms with Gasteiger partial charge < -0.3 is 4.57 Å². The van der Waals surface area contributed by atoms with Crippen molar-refractivity contribution in [3.05, 3.63) is 11.5 Å². The fraction of sp³-hybridized carbons (Fsp3) is 0.727. The van der Waals surface area contributed by atoms with Crippen molar-refractivity contribution in [2.45, 2.75) is 32.2 Å². The fourth-order valence-electron chi connectivity index (χ4n) is 1.56. The number of hydrogen-bond donors (Lipinski definition) is 0. The van der Waals surface area contributed by atoms with Crippen LogP contribution in [0.25, 0.3) is 0 Å². The molecule has 1 heterocycles. The molecule has 0 fully saturated rings. The molecule has 1 aromatic heterocycles. The van der Waals surface area contributed by atoms with Crippen LogP contribution >= 0.6 is 11.6 Å². The van der Waals surface area contributed by atoms with Crippen LogP contribution in [0.5, 0.6) is 0 Å². The van der Waals surface area contributed by atoms with Crippen molar-refractivity contribution < 1.29 is 8.42 Å². The molecule has 1 aromatic rings. The van der Waals surface area contributed by atoms with Crippen LogP contribution in [0.3, 0.4) is 0 Å². The van der Waals surface area contributed by atoms with E-state index in [0.29, 0.717) is 19.0 Å². The average molecular weight is 294 g/mol. The fourth-order valence-corrected chi connectivity index (χ4v) is 3.52. The van der Waals surface area contributed by atoms with E-state index in [4.69, 9.17) is 11.6 Å². The maximum Gasteiger partial charge on any atom is 0.263 e. The van der Waals surface area contributed by atoms with Gasteiger partial charge in [0.15, 0.2) is 0 Å². The molecule has 18 heavy (non-hydrogen) atoms. The highest BCUT2D eigenvalue weighted by molar-refractivity contribution is 7.89. The predicted molar refractivity (Wildman–Crippen MR) is 72.1 cm³/mol. The Morgan fingerprint density at radius 3 is 2.50 bits per heavy atom. The summed E-state index contributed by atoms with van der Waals surface area (Å²) in [6, 6.07) is 0. The molecule has 7 heteroatoms. The second-order valence-electron chi connectivity index (χ2n) is 4.42. The lowest BCUT2D eigenvalue weighted by Crippen LogP contribution is -2.35. The molecule has 0 N–H and O–H groups in total. The van der Waals surface area contributed by atoms with Gasteiger partial charge in [-0.15, -0.1) is 0 Å². The van der Waals surface area contributed by atoms with E-state index in [1.54, 1.807) is 7.05 Å². The topological polar surface area (TPSA) is 55.2 Å². The van der Waals surface area contributed by atoms with E-state index in [0.717, 1.165) is 6.42 Å². The van der Waals surface area contributed by atoms with Gasteiger partial charge in [-0.3, -0.25) is 0 Å². The van der Waals surface area contributed by atoms with E-state index in [2.05, 4.69) is 4.98 Å². The third kappa shape index (κ3) is 3.05. The molecule has 1 atom stereocenters. The summed E-state index contributed by atoms with van der Waals surface area (Å²) in [6.07, 6.45) is 2.34. The second-order valence-corrected chi connectivity index (χ2v) is 6.63. The molecule has 0 aliphatic rings. The van der Waals surface area contributed by atoms with Crippen LogP contribution in [-0.2, 0) is 17.1 Å². The lowest BCUT2D eigenvalue weighted by atomic mass is 10.1. The third-order valence-corrected chi connectivity index (χ3v) is 5.42. The molecule has 0 spiro atoms. The van der Waals surface area contributed by atoms with Crippen molar-refractivity contribution in [2.75, 3.05) is 13.1 Å². The Bertz CT molecular complexity index is 498. The summed E-state index contributed by atoms with van der Waals surface area (Å²) in [5, 5.41) is 0.0921. The molecule has 0 aromatic carbocycles. The smallest absolute Gasteiger partial charge is 0.263 e. The van der Waals surface area contributed by atoms with E-state index in [9.17, 15) is 8.42 Å². The zero-order valence-electron chi connectivity index (χ0n) is 11.2. The monoisotopic (exact) mass is 293 g/mol. The Labute approximate surface area is 114 Å². The third-order valence-electron chi connectivity index (χ3n) is 2.98. The number of halogens is 1. The standard InChI is InChI=1S/C11H20ClN3O2S/c1-5-9(3)7-15(6-2)18(16,17)11-10(12)14(4)8-13-11/h8-9H,5-7H2,1-4H3. The first-order valence-corrected chi connectivity index (χ1v) is 7.83.